The number of fused-ring (bicyclic) bond motifs is 1. The van der Waals surface area contributed by atoms with Crippen LogP contribution in [-0.4, -0.2) is 21.2 Å². The molecule has 1 atom stereocenters. The van der Waals surface area contributed by atoms with Gasteiger partial charge in [-0.05, 0) is 32.1 Å². The zero-order valence-electron chi connectivity index (χ0n) is 12.2. The molecule has 0 spiro atoms. The van der Waals surface area contributed by atoms with Gasteiger partial charge in [0, 0.05) is 18.3 Å². The standard InChI is InChI=1S/C15H24N4O/c1-19-13-7-5-6-12(11(13)10-17-19)18-14(20)15(16)8-3-2-4-9-15/h10,12H,2-9,16H2,1H3,(H,18,20). The van der Waals surface area contributed by atoms with Crippen molar-refractivity contribution in [3.63, 3.8) is 0 Å². The molecule has 0 aromatic carbocycles. The molecule has 110 valence electrons. The first-order valence-corrected chi connectivity index (χ1v) is 7.71. The molecule has 0 aliphatic heterocycles. The van der Waals surface area contributed by atoms with Crippen LogP contribution >= 0.6 is 0 Å². The number of nitrogens with one attached hydrogen (secondary N) is 1. The number of hydrogen-bond acceptors (Lipinski definition) is 3. The Kier molecular flexibility index (Phi) is 3.54. The molecule has 0 radical (unpaired) electrons. The molecular weight excluding hydrogens is 252 g/mol. The molecule has 1 fully saturated rings. The third-order valence-corrected chi connectivity index (χ3v) is 4.88. The third kappa shape index (κ3) is 2.35. The molecule has 1 saturated carbocycles. The first kappa shape index (κ1) is 13.6. The zero-order valence-corrected chi connectivity index (χ0v) is 12.2. The lowest BCUT2D eigenvalue weighted by Gasteiger charge is -2.34. The Labute approximate surface area is 119 Å². The molecule has 3 rings (SSSR count). The highest BCUT2D eigenvalue weighted by Crippen LogP contribution is 2.31. The second kappa shape index (κ2) is 5.20. The van der Waals surface area contributed by atoms with Crippen molar-refractivity contribution < 1.29 is 4.79 Å². The van der Waals surface area contributed by atoms with Crippen molar-refractivity contribution in [1.82, 2.24) is 15.1 Å². The lowest BCUT2D eigenvalue weighted by molar-refractivity contribution is -0.128. The lowest BCUT2D eigenvalue weighted by Crippen LogP contribution is -2.55. The quantitative estimate of drug-likeness (QED) is 0.861. The average molecular weight is 276 g/mol. The Balaban J connectivity index is 1.73. The topological polar surface area (TPSA) is 72.9 Å². The van der Waals surface area contributed by atoms with E-state index in [2.05, 4.69) is 10.4 Å². The number of hydrogen-bond donors (Lipinski definition) is 2. The second-order valence-corrected chi connectivity index (χ2v) is 6.31. The van der Waals surface area contributed by atoms with E-state index in [4.69, 9.17) is 5.73 Å². The summed E-state index contributed by atoms with van der Waals surface area (Å²) >= 11 is 0. The Hall–Kier alpha value is -1.36. The van der Waals surface area contributed by atoms with Crippen molar-refractivity contribution in [1.29, 1.82) is 0 Å². The number of nitrogens with zero attached hydrogens (tertiary/aromatic N) is 2. The summed E-state index contributed by atoms with van der Waals surface area (Å²) in [5, 5.41) is 7.50. The molecule has 1 unspecified atom stereocenters. The van der Waals surface area contributed by atoms with E-state index in [0.717, 1.165) is 44.9 Å². The third-order valence-electron chi connectivity index (χ3n) is 4.88. The van der Waals surface area contributed by atoms with Crippen LogP contribution in [-0.2, 0) is 18.3 Å². The van der Waals surface area contributed by atoms with E-state index < -0.39 is 5.54 Å². The average Bonchev–Trinajstić information content (AvgIpc) is 2.83. The number of aromatic nitrogens is 2. The van der Waals surface area contributed by atoms with Crippen molar-refractivity contribution in [2.24, 2.45) is 12.8 Å². The second-order valence-electron chi connectivity index (χ2n) is 6.31. The van der Waals surface area contributed by atoms with E-state index >= 15 is 0 Å². The largest absolute Gasteiger partial charge is 0.348 e. The van der Waals surface area contributed by atoms with E-state index in [9.17, 15) is 4.79 Å². The number of carbonyl (C=O) groups is 1. The van der Waals surface area contributed by atoms with Crippen LogP contribution in [0, 0.1) is 0 Å². The predicted octanol–water partition coefficient (Wildman–Crippen LogP) is 1.58. The summed E-state index contributed by atoms with van der Waals surface area (Å²) in [5.41, 5.74) is 8.08. The molecule has 3 N–H and O–H groups in total. The molecular formula is C15H24N4O. The summed E-state index contributed by atoms with van der Waals surface area (Å²) in [6, 6.07) is 0.0855. The monoisotopic (exact) mass is 276 g/mol. The SMILES string of the molecule is Cn1ncc2c1CCCC2NC(=O)C1(N)CCCCC1. The van der Waals surface area contributed by atoms with Gasteiger partial charge in [-0.25, -0.2) is 0 Å². The first-order chi connectivity index (χ1) is 9.60. The van der Waals surface area contributed by atoms with Crippen LogP contribution in [0.3, 0.4) is 0 Å². The highest BCUT2D eigenvalue weighted by molar-refractivity contribution is 5.86. The maximum absolute atomic E-state index is 12.5. The Morgan fingerprint density at radius 2 is 2.15 bits per heavy atom. The Bertz CT molecular complexity index is 502. The number of carbonyl (C=O) groups excluding carboxylic acids is 1. The molecule has 1 amide bonds. The van der Waals surface area contributed by atoms with Gasteiger partial charge in [-0.2, -0.15) is 5.10 Å². The highest BCUT2D eigenvalue weighted by Gasteiger charge is 2.37. The molecule has 0 bridgehead atoms. The van der Waals surface area contributed by atoms with Gasteiger partial charge in [-0.15, -0.1) is 0 Å². The van der Waals surface area contributed by atoms with E-state index in [0.29, 0.717) is 0 Å². The summed E-state index contributed by atoms with van der Waals surface area (Å²) in [5.74, 6) is 0.0268. The molecule has 1 heterocycles. The Morgan fingerprint density at radius 1 is 1.40 bits per heavy atom. The van der Waals surface area contributed by atoms with Gasteiger partial charge in [-0.3, -0.25) is 9.48 Å². The predicted molar refractivity (Wildman–Crippen MR) is 77.0 cm³/mol. The minimum Gasteiger partial charge on any atom is -0.348 e. The van der Waals surface area contributed by atoms with Gasteiger partial charge < -0.3 is 11.1 Å². The van der Waals surface area contributed by atoms with Gasteiger partial charge >= 0.3 is 0 Å². The van der Waals surface area contributed by atoms with E-state index in [1.54, 1.807) is 0 Å². The van der Waals surface area contributed by atoms with Crippen molar-refractivity contribution in [3.05, 3.63) is 17.5 Å². The number of nitrogens with two attached hydrogens (primary N) is 1. The molecule has 5 nitrogen and oxygen atoms in total. The van der Waals surface area contributed by atoms with Crippen LogP contribution in [0.1, 0.15) is 62.2 Å². The number of amides is 1. The summed E-state index contributed by atoms with van der Waals surface area (Å²) in [4.78, 5) is 12.5. The van der Waals surface area contributed by atoms with Crippen molar-refractivity contribution in [3.8, 4) is 0 Å². The molecule has 1 aromatic rings. The van der Waals surface area contributed by atoms with Crippen molar-refractivity contribution >= 4 is 5.91 Å². The highest BCUT2D eigenvalue weighted by atomic mass is 16.2. The smallest absolute Gasteiger partial charge is 0.240 e. The minimum atomic E-state index is -0.655. The summed E-state index contributed by atoms with van der Waals surface area (Å²) in [6.07, 6.45) is 9.96. The van der Waals surface area contributed by atoms with Gasteiger partial charge in [0.05, 0.1) is 17.8 Å². The van der Waals surface area contributed by atoms with Crippen LogP contribution in [0.25, 0.3) is 0 Å². The fourth-order valence-electron chi connectivity index (χ4n) is 3.57. The fraction of sp³-hybridized carbons (Fsp3) is 0.733. The first-order valence-electron chi connectivity index (χ1n) is 7.71. The Morgan fingerprint density at radius 3 is 2.90 bits per heavy atom. The van der Waals surface area contributed by atoms with Crippen LogP contribution in [0.4, 0.5) is 0 Å². The molecule has 1 aromatic heterocycles. The van der Waals surface area contributed by atoms with E-state index in [1.807, 2.05) is 17.9 Å². The van der Waals surface area contributed by atoms with Gasteiger partial charge in [0.1, 0.15) is 0 Å². The van der Waals surface area contributed by atoms with Crippen LogP contribution in [0.5, 0.6) is 0 Å². The number of aryl methyl sites for hydroxylation is 1. The zero-order chi connectivity index (χ0) is 14.2. The van der Waals surface area contributed by atoms with Gasteiger partial charge in [0.25, 0.3) is 0 Å². The lowest BCUT2D eigenvalue weighted by atomic mass is 9.81. The van der Waals surface area contributed by atoms with Crippen molar-refractivity contribution in [2.75, 3.05) is 0 Å². The van der Waals surface area contributed by atoms with E-state index in [-0.39, 0.29) is 11.9 Å². The van der Waals surface area contributed by atoms with Crippen LogP contribution < -0.4 is 11.1 Å². The van der Waals surface area contributed by atoms with Gasteiger partial charge in [0.15, 0.2) is 0 Å². The molecule has 0 saturated heterocycles. The molecule has 5 heteroatoms. The number of rotatable bonds is 2. The summed E-state index contributed by atoms with van der Waals surface area (Å²) in [7, 11) is 1.97. The summed E-state index contributed by atoms with van der Waals surface area (Å²) in [6.45, 7) is 0. The maximum Gasteiger partial charge on any atom is 0.240 e. The normalized spacial score (nSPS) is 25.0. The molecule has 20 heavy (non-hydrogen) atoms. The van der Waals surface area contributed by atoms with Gasteiger partial charge in [0.2, 0.25) is 5.91 Å². The van der Waals surface area contributed by atoms with Crippen LogP contribution in [0.2, 0.25) is 0 Å². The van der Waals surface area contributed by atoms with Crippen molar-refractivity contribution in [2.45, 2.75) is 62.9 Å². The maximum atomic E-state index is 12.5. The summed E-state index contributed by atoms with van der Waals surface area (Å²) < 4.78 is 1.92. The minimum absolute atomic E-state index is 0.0268. The molecule has 2 aliphatic rings. The van der Waals surface area contributed by atoms with E-state index in [1.165, 1.54) is 17.7 Å². The van der Waals surface area contributed by atoms with Crippen LogP contribution in [0.15, 0.2) is 6.20 Å². The van der Waals surface area contributed by atoms with Gasteiger partial charge in [-0.1, -0.05) is 19.3 Å². The molecule has 2 aliphatic carbocycles. The fourth-order valence-corrected chi connectivity index (χ4v) is 3.57.